The number of nitrogens with zero attached hydrogens (tertiary/aromatic N) is 1. The lowest BCUT2D eigenvalue weighted by atomic mass is 9.80. The van der Waals surface area contributed by atoms with Crippen LogP contribution < -0.4 is 5.32 Å². The second kappa shape index (κ2) is 7.08. The molecular formula is C17H34N2. The molecule has 0 bridgehead atoms. The summed E-state index contributed by atoms with van der Waals surface area (Å²) >= 11 is 0. The number of rotatable bonds is 5. The molecule has 2 unspecified atom stereocenters. The molecule has 2 aliphatic heterocycles. The van der Waals surface area contributed by atoms with Gasteiger partial charge in [0.25, 0.3) is 0 Å². The van der Waals surface area contributed by atoms with Crippen molar-refractivity contribution >= 4 is 0 Å². The predicted molar refractivity (Wildman–Crippen MR) is 83.6 cm³/mol. The Morgan fingerprint density at radius 1 is 1.21 bits per heavy atom. The van der Waals surface area contributed by atoms with E-state index in [0.717, 1.165) is 12.1 Å². The smallest absolute Gasteiger partial charge is 0.0179 e. The molecule has 2 atom stereocenters. The van der Waals surface area contributed by atoms with Crippen molar-refractivity contribution in [3.8, 4) is 0 Å². The number of hydrogen-bond acceptors (Lipinski definition) is 2. The maximum Gasteiger partial charge on any atom is 0.0179 e. The van der Waals surface area contributed by atoms with Crippen LogP contribution in [0.3, 0.4) is 0 Å². The highest BCUT2D eigenvalue weighted by Gasteiger charge is 2.32. The van der Waals surface area contributed by atoms with Crippen LogP contribution in [0.1, 0.15) is 78.6 Å². The van der Waals surface area contributed by atoms with Gasteiger partial charge in [-0.3, -0.25) is 4.90 Å². The lowest BCUT2D eigenvalue weighted by Gasteiger charge is -2.43. The summed E-state index contributed by atoms with van der Waals surface area (Å²) in [7, 11) is 0. The molecule has 2 rings (SSSR count). The molecule has 2 heterocycles. The maximum atomic E-state index is 3.85. The predicted octanol–water partition coefficient (Wildman–Crippen LogP) is 3.95. The van der Waals surface area contributed by atoms with Crippen LogP contribution in [0, 0.1) is 0 Å². The van der Waals surface area contributed by atoms with E-state index >= 15 is 0 Å². The molecular weight excluding hydrogens is 232 g/mol. The molecule has 2 heteroatoms. The summed E-state index contributed by atoms with van der Waals surface area (Å²) in [5.74, 6) is 0. The van der Waals surface area contributed by atoms with Crippen molar-refractivity contribution in [3.63, 3.8) is 0 Å². The van der Waals surface area contributed by atoms with E-state index < -0.39 is 0 Å². The molecule has 0 aromatic rings. The highest BCUT2D eigenvalue weighted by atomic mass is 15.2. The first kappa shape index (κ1) is 15.3. The van der Waals surface area contributed by atoms with E-state index in [4.69, 9.17) is 0 Å². The van der Waals surface area contributed by atoms with Crippen molar-refractivity contribution < 1.29 is 0 Å². The minimum atomic E-state index is 0.471. The van der Waals surface area contributed by atoms with Gasteiger partial charge in [0.1, 0.15) is 0 Å². The molecule has 0 aromatic carbocycles. The Kier molecular flexibility index (Phi) is 5.70. The zero-order valence-corrected chi connectivity index (χ0v) is 13.4. The first-order valence-electron chi connectivity index (χ1n) is 8.68. The number of piperidine rings is 2. The second-order valence-electron chi connectivity index (χ2n) is 7.04. The quantitative estimate of drug-likeness (QED) is 0.810. The zero-order valence-electron chi connectivity index (χ0n) is 13.4. The van der Waals surface area contributed by atoms with Crippen LogP contribution in [0.15, 0.2) is 0 Å². The van der Waals surface area contributed by atoms with E-state index in [2.05, 4.69) is 31.0 Å². The summed E-state index contributed by atoms with van der Waals surface area (Å²) in [5.41, 5.74) is 0.471. The van der Waals surface area contributed by atoms with Crippen LogP contribution in [-0.4, -0.2) is 35.6 Å². The topological polar surface area (TPSA) is 15.3 Å². The van der Waals surface area contributed by atoms with Crippen LogP contribution in [0.2, 0.25) is 0 Å². The molecule has 1 N–H and O–H groups in total. The van der Waals surface area contributed by atoms with Crippen molar-refractivity contribution in [3.05, 3.63) is 0 Å². The lowest BCUT2D eigenvalue weighted by molar-refractivity contribution is 0.0912. The van der Waals surface area contributed by atoms with E-state index in [-0.39, 0.29) is 0 Å². The number of hydrogen-bond donors (Lipinski definition) is 1. The molecule has 19 heavy (non-hydrogen) atoms. The molecule has 2 aliphatic rings. The van der Waals surface area contributed by atoms with Crippen LogP contribution in [0.25, 0.3) is 0 Å². The minimum Gasteiger partial charge on any atom is -0.311 e. The highest BCUT2D eigenvalue weighted by molar-refractivity contribution is 4.92. The van der Waals surface area contributed by atoms with Gasteiger partial charge >= 0.3 is 0 Å². The molecule has 2 nitrogen and oxygen atoms in total. The average molecular weight is 266 g/mol. The molecule has 0 radical (unpaired) electrons. The summed E-state index contributed by atoms with van der Waals surface area (Å²) in [5, 5.41) is 3.85. The van der Waals surface area contributed by atoms with Gasteiger partial charge in [0.15, 0.2) is 0 Å². The van der Waals surface area contributed by atoms with Gasteiger partial charge in [0, 0.05) is 17.6 Å². The highest BCUT2D eigenvalue weighted by Crippen LogP contribution is 2.31. The van der Waals surface area contributed by atoms with Gasteiger partial charge in [-0.2, -0.15) is 0 Å². The van der Waals surface area contributed by atoms with E-state index in [1.807, 2.05) is 0 Å². The number of likely N-dealkylation sites (tertiary alicyclic amines) is 1. The van der Waals surface area contributed by atoms with E-state index in [1.165, 1.54) is 70.9 Å². The first-order chi connectivity index (χ1) is 9.17. The third-order valence-corrected chi connectivity index (χ3v) is 5.55. The van der Waals surface area contributed by atoms with Crippen molar-refractivity contribution in [2.45, 2.75) is 96.2 Å². The van der Waals surface area contributed by atoms with Gasteiger partial charge in [-0.25, -0.2) is 0 Å². The lowest BCUT2D eigenvalue weighted by Crippen LogP contribution is -2.50. The van der Waals surface area contributed by atoms with Gasteiger partial charge in [-0.15, -0.1) is 0 Å². The van der Waals surface area contributed by atoms with Crippen molar-refractivity contribution in [1.29, 1.82) is 0 Å². The Bertz CT molecular complexity index is 256. The Labute approximate surface area is 120 Å². The normalized spacial score (nSPS) is 33.8. The summed E-state index contributed by atoms with van der Waals surface area (Å²) < 4.78 is 0. The summed E-state index contributed by atoms with van der Waals surface area (Å²) in [4.78, 5) is 2.76. The van der Waals surface area contributed by atoms with E-state index in [9.17, 15) is 0 Å². The fraction of sp³-hybridized carbons (Fsp3) is 1.00. The Balaban J connectivity index is 1.88. The largest absolute Gasteiger partial charge is 0.311 e. The minimum absolute atomic E-state index is 0.471. The molecule has 0 spiro atoms. The van der Waals surface area contributed by atoms with Gasteiger partial charge in [0.05, 0.1) is 0 Å². The van der Waals surface area contributed by atoms with Gasteiger partial charge in [-0.05, 0) is 71.9 Å². The summed E-state index contributed by atoms with van der Waals surface area (Å²) in [6.07, 6.45) is 12.6. The third-order valence-electron chi connectivity index (χ3n) is 5.55. The Morgan fingerprint density at radius 3 is 2.68 bits per heavy atom. The van der Waals surface area contributed by atoms with Crippen LogP contribution in [0.4, 0.5) is 0 Å². The van der Waals surface area contributed by atoms with Gasteiger partial charge in [-0.1, -0.05) is 19.8 Å². The average Bonchev–Trinajstić information content (AvgIpc) is 2.46. The molecule has 0 saturated carbocycles. The second-order valence-corrected chi connectivity index (χ2v) is 7.04. The first-order valence-corrected chi connectivity index (χ1v) is 8.68. The monoisotopic (exact) mass is 266 g/mol. The van der Waals surface area contributed by atoms with Crippen molar-refractivity contribution in [2.75, 3.05) is 13.1 Å². The molecule has 112 valence electrons. The number of nitrogens with one attached hydrogen (secondary N) is 1. The molecule has 2 saturated heterocycles. The Hall–Kier alpha value is -0.0800. The maximum absolute atomic E-state index is 3.85. The van der Waals surface area contributed by atoms with Gasteiger partial charge < -0.3 is 5.32 Å². The van der Waals surface area contributed by atoms with E-state index in [0.29, 0.717) is 5.54 Å². The van der Waals surface area contributed by atoms with Crippen molar-refractivity contribution in [2.24, 2.45) is 0 Å². The summed E-state index contributed by atoms with van der Waals surface area (Å²) in [6.45, 7) is 9.68. The fourth-order valence-electron chi connectivity index (χ4n) is 4.18. The Morgan fingerprint density at radius 2 is 2.05 bits per heavy atom. The molecule has 0 amide bonds. The van der Waals surface area contributed by atoms with Crippen LogP contribution in [-0.2, 0) is 0 Å². The third kappa shape index (κ3) is 3.95. The van der Waals surface area contributed by atoms with Gasteiger partial charge in [0.2, 0.25) is 0 Å². The zero-order chi connectivity index (χ0) is 13.7. The fourth-order valence-corrected chi connectivity index (χ4v) is 4.18. The van der Waals surface area contributed by atoms with Crippen LogP contribution in [0.5, 0.6) is 0 Å². The van der Waals surface area contributed by atoms with E-state index in [1.54, 1.807) is 0 Å². The molecule has 2 fully saturated rings. The molecule has 0 aromatic heterocycles. The van der Waals surface area contributed by atoms with Crippen molar-refractivity contribution in [1.82, 2.24) is 10.2 Å². The standard InChI is InChI=1S/C17H34N2/c1-4-17(11-6-7-13-18-17)12-10-16-9-5-8-14-19(16)15(2)3/h15-16,18H,4-14H2,1-3H3. The SMILES string of the molecule is CCC1(CCC2CCCCN2C(C)C)CCCCN1. The van der Waals surface area contributed by atoms with Crippen LogP contribution >= 0.6 is 0 Å². The molecule has 0 aliphatic carbocycles. The summed E-state index contributed by atoms with van der Waals surface area (Å²) in [6, 6.07) is 1.57.